The molecule has 74 valence electrons. The van der Waals surface area contributed by atoms with Gasteiger partial charge in [-0.15, -0.1) is 0 Å². The number of rotatable bonds is 2. The summed E-state index contributed by atoms with van der Waals surface area (Å²) >= 11 is 0. The predicted molar refractivity (Wildman–Crippen MR) is 46.5 cm³/mol. The second kappa shape index (κ2) is 4.11. The largest absolute Gasteiger partial charge is 0.325 e. The number of nitrogens with two attached hydrogens (primary N) is 1. The van der Waals surface area contributed by atoms with E-state index in [4.69, 9.17) is 11.0 Å². The van der Waals surface area contributed by atoms with Gasteiger partial charge in [0, 0.05) is 6.54 Å². The molecular formula is C9H9F2N3. The maximum atomic E-state index is 12.4. The van der Waals surface area contributed by atoms with Gasteiger partial charge >= 0.3 is 0 Å². The zero-order chi connectivity index (χ0) is 10.7. The highest BCUT2D eigenvalue weighted by atomic mass is 19.3. The van der Waals surface area contributed by atoms with Gasteiger partial charge in [0.1, 0.15) is 11.8 Å². The monoisotopic (exact) mass is 197 g/mol. The van der Waals surface area contributed by atoms with Crippen LogP contribution in [0, 0.1) is 18.3 Å². The maximum Gasteiger partial charge on any atom is 0.281 e. The number of nitriles is 1. The second-order valence-electron chi connectivity index (χ2n) is 2.80. The Kier molecular flexibility index (Phi) is 3.10. The normalized spacial score (nSPS) is 10.3. The molecule has 1 aromatic rings. The molecule has 14 heavy (non-hydrogen) atoms. The highest BCUT2D eigenvalue weighted by Crippen LogP contribution is 2.22. The molecule has 0 aliphatic heterocycles. The van der Waals surface area contributed by atoms with Gasteiger partial charge in [-0.1, -0.05) is 0 Å². The minimum absolute atomic E-state index is 0.0882. The minimum Gasteiger partial charge on any atom is -0.325 e. The summed E-state index contributed by atoms with van der Waals surface area (Å²) < 4.78 is 24.8. The highest BCUT2D eigenvalue weighted by Gasteiger charge is 2.16. The number of aromatic nitrogens is 1. The number of hydrogen-bond donors (Lipinski definition) is 1. The second-order valence-corrected chi connectivity index (χ2v) is 2.80. The topological polar surface area (TPSA) is 62.7 Å². The zero-order valence-corrected chi connectivity index (χ0v) is 7.59. The Hall–Kier alpha value is -1.54. The maximum absolute atomic E-state index is 12.4. The molecule has 0 amide bonds. The lowest BCUT2D eigenvalue weighted by molar-refractivity contribution is 0.145. The third kappa shape index (κ3) is 1.86. The summed E-state index contributed by atoms with van der Waals surface area (Å²) in [4.78, 5) is 3.66. The average molecular weight is 197 g/mol. The molecule has 1 heterocycles. The van der Waals surface area contributed by atoms with Crippen molar-refractivity contribution in [3.05, 3.63) is 28.6 Å². The van der Waals surface area contributed by atoms with Crippen molar-refractivity contribution in [1.82, 2.24) is 4.98 Å². The highest BCUT2D eigenvalue weighted by molar-refractivity contribution is 5.38. The molecule has 0 saturated heterocycles. The Morgan fingerprint density at radius 1 is 1.64 bits per heavy atom. The van der Waals surface area contributed by atoms with Crippen LogP contribution >= 0.6 is 0 Å². The summed E-state index contributed by atoms with van der Waals surface area (Å²) in [5, 5.41) is 8.60. The van der Waals surface area contributed by atoms with Crippen LogP contribution < -0.4 is 5.73 Å². The number of nitrogens with zero attached hydrogens (tertiary/aromatic N) is 2. The summed E-state index contributed by atoms with van der Waals surface area (Å²) in [5.41, 5.74) is 5.81. The average Bonchev–Trinajstić information content (AvgIpc) is 2.16. The van der Waals surface area contributed by atoms with Crippen molar-refractivity contribution in [3.63, 3.8) is 0 Å². The van der Waals surface area contributed by atoms with E-state index in [1.807, 2.05) is 0 Å². The lowest BCUT2D eigenvalue weighted by Crippen LogP contribution is -2.07. The molecule has 1 aromatic heterocycles. The van der Waals surface area contributed by atoms with Crippen molar-refractivity contribution in [1.29, 1.82) is 5.26 Å². The molecule has 1 rings (SSSR count). The lowest BCUT2D eigenvalue weighted by atomic mass is 10.1. The van der Waals surface area contributed by atoms with E-state index in [2.05, 4.69) is 4.98 Å². The van der Waals surface area contributed by atoms with Gasteiger partial charge in [0.25, 0.3) is 6.43 Å². The Bertz CT molecular complexity index is 382. The van der Waals surface area contributed by atoms with Gasteiger partial charge in [-0.25, -0.2) is 13.8 Å². The Morgan fingerprint density at radius 2 is 2.29 bits per heavy atom. The molecule has 0 radical (unpaired) electrons. The fraction of sp³-hybridized carbons (Fsp3) is 0.333. The first-order valence-corrected chi connectivity index (χ1v) is 3.99. The van der Waals surface area contributed by atoms with E-state index in [0.717, 1.165) is 0 Å². The van der Waals surface area contributed by atoms with Crippen molar-refractivity contribution in [2.75, 3.05) is 0 Å². The molecular weight excluding hydrogens is 188 g/mol. The molecule has 0 unspecified atom stereocenters. The zero-order valence-electron chi connectivity index (χ0n) is 7.59. The predicted octanol–water partition coefficient (Wildman–Crippen LogP) is 1.66. The fourth-order valence-corrected chi connectivity index (χ4v) is 1.13. The van der Waals surface area contributed by atoms with Gasteiger partial charge in [-0.2, -0.15) is 5.26 Å². The van der Waals surface area contributed by atoms with Crippen LogP contribution in [0.4, 0.5) is 8.78 Å². The molecule has 0 fully saturated rings. The summed E-state index contributed by atoms with van der Waals surface area (Å²) in [6.07, 6.45) is -2.74. The number of pyridine rings is 1. The molecule has 3 nitrogen and oxygen atoms in total. The van der Waals surface area contributed by atoms with E-state index in [0.29, 0.717) is 11.3 Å². The van der Waals surface area contributed by atoms with Crippen LogP contribution in [0.25, 0.3) is 0 Å². The van der Waals surface area contributed by atoms with Crippen LogP contribution in [0.15, 0.2) is 6.07 Å². The SMILES string of the molecule is Cc1cc(C#N)c(C(F)F)nc1CN. The van der Waals surface area contributed by atoms with Crippen LogP contribution in [0.1, 0.15) is 28.9 Å². The van der Waals surface area contributed by atoms with Gasteiger partial charge in [-0.05, 0) is 18.6 Å². The molecule has 0 aromatic carbocycles. The lowest BCUT2D eigenvalue weighted by Gasteiger charge is -2.07. The molecule has 0 atom stereocenters. The van der Waals surface area contributed by atoms with Crippen molar-refractivity contribution >= 4 is 0 Å². The first kappa shape index (κ1) is 10.5. The molecule has 0 spiro atoms. The molecule has 2 N–H and O–H groups in total. The Labute approximate surface area is 80.2 Å². The first-order valence-electron chi connectivity index (χ1n) is 3.99. The summed E-state index contributed by atoms with van der Waals surface area (Å²) in [5.74, 6) is 0. The van der Waals surface area contributed by atoms with Crippen LogP contribution in [0.3, 0.4) is 0 Å². The van der Waals surface area contributed by atoms with Crippen LogP contribution in [0.5, 0.6) is 0 Å². The van der Waals surface area contributed by atoms with Crippen molar-refractivity contribution < 1.29 is 8.78 Å². The van der Waals surface area contributed by atoms with Crippen molar-refractivity contribution in [2.24, 2.45) is 5.73 Å². The Balaban J connectivity index is 3.34. The van der Waals surface area contributed by atoms with Gasteiger partial charge in [0.05, 0.1) is 11.3 Å². The molecule has 0 aliphatic rings. The molecule has 0 aliphatic carbocycles. The summed E-state index contributed by atoms with van der Waals surface area (Å²) in [6.45, 7) is 1.78. The molecule has 5 heteroatoms. The van der Waals surface area contributed by atoms with E-state index in [-0.39, 0.29) is 12.1 Å². The first-order chi connectivity index (χ1) is 6.60. The third-order valence-electron chi connectivity index (χ3n) is 1.87. The third-order valence-corrected chi connectivity index (χ3v) is 1.87. The van der Waals surface area contributed by atoms with Crippen LogP contribution in [-0.2, 0) is 6.54 Å². The van der Waals surface area contributed by atoms with Gasteiger partial charge in [0.2, 0.25) is 0 Å². The number of halogens is 2. The fourth-order valence-electron chi connectivity index (χ4n) is 1.13. The van der Waals surface area contributed by atoms with E-state index >= 15 is 0 Å². The van der Waals surface area contributed by atoms with Gasteiger partial charge < -0.3 is 5.73 Å². The standard InChI is InChI=1S/C9H9F2N3/c1-5-2-6(3-12)8(9(10)11)14-7(5)4-13/h2,9H,4,13H2,1H3. The molecule has 0 bridgehead atoms. The minimum atomic E-state index is -2.74. The van der Waals surface area contributed by atoms with Crippen molar-refractivity contribution in [3.8, 4) is 6.07 Å². The van der Waals surface area contributed by atoms with E-state index < -0.39 is 12.1 Å². The van der Waals surface area contributed by atoms with E-state index in [1.165, 1.54) is 6.07 Å². The number of aryl methyl sites for hydroxylation is 1. The Morgan fingerprint density at radius 3 is 2.71 bits per heavy atom. The van der Waals surface area contributed by atoms with Crippen molar-refractivity contribution in [2.45, 2.75) is 19.9 Å². The summed E-state index contributed by atoms with van der Waals surface area (Å²) in [7, 11) is 0. The molecule has 0 saturated carbocycles. The van der Waals surface area contributed by atoms with E-state index in [1.54, 1.807) is 13.0 Å². The van der Waals surface area contributed by atoms with Gasteiger partial charge in [-0.3, -0.25) is 0 Å². The number of hydrogen-bond acceptors (Lipinski definition) is 3. The van der Waals surface area contributed by atoms with E-state index in [9.17, 15) is 8.78 Å². The smallest absolute Gasteiger partial charge is 0.281 e. The van der Waals surface area contributed by atoms with Crippen LogP contribution in [0.2, 0.25) is 0 Å². The van der Waals surface area contributed by atoms with Crippen LogP contribution in [-0.4, -0.2) is 4.98 Å². The summed E-state index contributed by atoms with van der Waals surface area (Å²) in [6, 6.07) is 3.07. The number of alkyl halides is 2. The quantitative estimate of drug-likeness (QED) is 0.784. The van der Waals surface area contributed by atoms with Gasteiger partial charge in [0.15, 0.2) is 0 Å².